The average Bonchev–Trinajstić information content (AvgIpc) is 3.21. The first-order valence-electron chi connectivity index (χ1n) is 8.61. The molecule has 0 aromatic heterocycles. The van der Waals surface area contributed by atoms with Crippen LogP contribution in [0.25, 0.3) is 0 Å². The number of halogens is 1. The number of rotatable bonds is 5. The van der Waals surface area contributed by atoms with Gasteiger partial charge in [-0.1, -0.05) is 20.8 Å². The predicted molar refractivity (Wildman–Crippen MR) is 108 cm³/mol. The fraction of sp³-hybridized carbons (Fsp3) is 0.941. The standard InChI is InChI=1S/C17H34N4O.HI/c1-12-9-13(11-21(12)14-7-8-14)20-16(18-5)19-10-15(22-6)17(2,3)4;/h12-15H,7-11H2,1-6H3,(H2,18,19,20);1H. The van der Waals surface area contributed by atoms with Gasteiger partial charge in [0.2, 0.25) is 0 Å². The van der Waals surface area contributed by atoms with Crippen molar-refractivity contribution < 1.29 is 4.74 Å². The maximum absolute atomic E-state index is 5.60. The molecule has 2 N–H and O–H groups in total. The van der Waals surface area contributed by atoms with E-state index in [4.69, 9.17) is 4.74 Å². The summed E-state index contributed by atoms with van der Waals surface area (Å²) in [5, 5.41) is 7.00. The average molecular weight is 438 g/mol. The Morgan fingerprint density at radius 2 is 2.00 bits per heavy atom. The molecule has 0 spiro atoms. The topological polar surface area (TPSA) is 48.9 Å². The molecule has 2 fully saturated rings. The van der Waals surface area contributed by atoms with Gasteiger partial charge in [-0.15, -0.1) is 24.0 Å². The molecular formula is C17H35IN4O. The van der Waals surface area contributed by atoms with E-state index >= 15 is 0 Å². The van der Waals surface area contributed by atoms with Crippen LogP contribution in [0.1, 0.15) is 47.0 Å². The molecule has 0 aromatic carbocycles. The molecule has 136 valence electrons. The summed E-state index contributed by atoms with van der Waals surface area (Å²) in [5.41, 5.74) is 0.116. The Hall–Kier alpha value is -0.0800. The van der Waals surface area contributed by atoms with Gasteiger partial charge in [0.15, 0.2) is 5.96 Å². The molecule has 1 aliphatic carbocycles. The van der Waals surface area contributed by atoms with Crippen LogP contribution < -0.4 is 10.6 Å². The molecule has 3 atom stereocenters. The van der Waals surface area contributed by atoms with Crippen LogP contribution in [0.15, 0.2) is 4.99 Å². The predicted octanol–water partition coefficient (Wildman–Crippen LogP) is 2.46. The summed E-state index contributed by atoms with van der Waals surface area (Å²) in [4.78, 5) is 7.02. The van der Waals surface area contributed by atoms with Crippen molar-refractivity contribution >= 4 is 29.9 Å². The third-order valence-electron chi connectivity index (χ3n) is 4.91. The lowest BCUT2D eigenvalue weighted by atomic mass is 9.89. The van der Waals surface area contributed by atoms with Crippen molar-refractivity contribution in [2.24, 2.45) is 10.4 Å². The van der Waals surface area contributed by atoms with Gasteiger partial charge in [-0.2, -0.15) is 0 Å². The number of aliphatic imine (C=N–C) groups is 1. The van der Waals surface area contributed by atoms with Crippen LogP contribution in [-0.4, -0.2) is 62.3 Å². The van der Waals surface area contributed by atoms with Gasteiger partial charge in [0.1, 0.15) is 0 Å². The van der Waals surface area contributed by atoms with Crippen molar-refractivity contribution in [3.05, 3.63) is 0 Å². The van der Waals surface area contributed by atoms with Crippen LogP contribution in [0.3, 0.4) is 0 Å². The zero-order valence-electron chi connectivity index (χ0n) is 15.6. The lowest BCUT2D eigenvalue weighted by Gasteiger charge is -2.30. The molecule has 1 aliphatic heterocycles. The number of likely N-dealkylation sites (tertiary alicyclic amines) is 1. The van der Waals surface area contributed by atoms with Crippen molar-refractivity contribution in [1.29, 1.82) is 0 Å². The Morgan fingerprint density at radius 3 is 2.48 bits per heavy atom. The van der Waals surface area contributed by atoms with Crippen LogP contribution in [0.2, 0.25) is 0 Å². The number of hydrogen-bond acceptors (Lipinski definition) is 3. The summed E-state index contributed by atoms with van der Waals surface area (Å²) in [6.45, 7) is 10.9. The molecule has 2 rings (SSSR count). The molecular weight excluding hydrogens is 403 g/mol. The van der Waals surface area contributed by atoms with Gasteiger partial charge < -0.3 is 15.4 Å². The molecule has 2 aliphatic rings. The van der Waals surface area contributed by atoms with Crippen LogP contribution >= 0.6 is 24.0 Å². The Bertz CT molecular complexity index is 393. The zero-order valence-corrected chi connectivity index (χ0v) is 17.9. The Balaban J connectivity index is 0.00000264. The zero-order chi connectivity index (χ0) is 16.3. The van der Waals surface area contributed by atoms with Crippen LogP contribution in [-0.2, 0) is 4.74 Å². The van der Waals surface area contributed by atoms with E-state index in [0.717, 1.165) is 25.1 Å². The molecule has 5 nitrogen and oxygen atoms in total. The molecule has 3 unspecified atom stereocenters. The fourth-order valence-corrected chi connectivity index (χ4v) is 3.40. The molecule has 0 amide bonds. The van der Waals surface area contributed by atoms with Crippen LogP contribution in [0.4, 0.5) is 0 Å². The number of methoxy groups -OCH3 is 1. The Morgan fingerprint density at radius 1 is 1.35 bits per heavy atom. The molecule has 1 heterocycles. The fourth-order valence-electron chi connectivity index (χ4n) is 3.40. The second-order valence-corrected chi connectivity index (χ2v) is 7.90. The molecule has 0 aromatic rings. The quantitative estimate of drug-likeness (QED) is 0.394. The van der Waals surface area contributed by atoms with E-state index in [1.807, 2.05) is 7.05 Å². The van der Waals surface area contributed by atoms with Gasteiger partial charge in [-0.3, -0.25) is 9.89 Å². The Labute approximate surface area is 159 Å². The van der Waals surface area contributed by atoms with E-state index in [1.54, 1.807) is 7.11 Å². The SMILES string of the molecule is CN=C(NCC(OC)C(C)(C)C)NC1CC(C)N(C2CC2)C1.I. The van der Waals surface area contributed by atoms with Gasteiger partial charge in [0, 0.05) is 45.4 Å². The monoisotopic (exact) mass is 438 g/mol. The number of nitrogens with zero attached hydrogens (tertiary/aromatic N) is 2. The number of hydrogen-bond donors (Lipinski definition) is 2. The first-order chi connectivity index (χ1) is 10.3. The summed E-state index contributed by atoms with van der Waals surface area (Å²) in [7, 11) is 3.62. The maximum Gasteiger partial charge on any atom is 0.191 e. The van der Waals surface area contributed by atoms with Gasteiger partial charge in [-0.05, 0) is 31.6 Å². The third kappa shape index (κ3) is 6.05. The molecule has 1 saturated carbocycles. The second-order valence-electron chi connectivity index (χ2n) is 7.90. The molecule has 0 bridgehead atoms. The van der Waals surface area contributed by atoms with Crippen molar-refractivity contribution in [1.82, 2.24) is 15.5 Å². The molecule has 6 heteroatoms. The highest BCUT2D eigenvalue weighted by Gasteiger charge is 2.39. The lowest BCUT2D eigenvalue weighted by molar-refractivity contribution is 0.0205. The van der Waals surface area contributed by atoms with E-state index in [1.165, 1.54) is 19.3 Å². The first-order valence-corrected chi connectivity index (χ1v) is 8.61. The normalized spacial score (nSPS) is 27.5. The lowest BCUT2D eigenvalue weighted by Crippen LogP contribution is -2.48. The minimum atomic E-state index is 0. The minimum Gasteiger partial charge on any atom is -0.379 e. The highest BCUT2D eigenvalue weighted by Crippen LogP contribution is 2.33. The third-order valence-corrected chi connectivity index (χ3v) is 4.91. The minimum absolute atomic E-state index is 0. The summed E-state index contributed by atoms with van der Waals surface area (Å²) in [5.74, 6) is 0.890. The highest BCUT2D eigenvalue weighted by molar-refractivity contribution is 14.0. The maximum atomic E-state index is 5.60. The first kappa shape index (κ1) is 21.0. The van der Waals surface area contributed by atoms with E-state index in [0.29, 0.717) is 12.1 Å². The summed E-state index contributed by atoms with van der Waals surface area (Å²) >= 11 is 0. The summed E-state index contributed by atoms with van der Waals surface area (Å²) < 4.78 is 5.60. The summed E-state index contributed by atoms with van der Waals surface area (Å²) in [6, 6.07) is 2.03. The largest absolute Gasteiger partial charge is 0.379 e. The van der Waals surface area contributed by atoms with Gasteiger partial charge in [-0.25, -0.2) is 0 Å². The second kappa shape index (κ2) is 8.85. The van der Waals surface area contributed by atoms with E-state index < -0.39 is 0 Å². The molecule has 0 radical (unpaired) electrons. The van der Waals surface area contributed by atoms with Crippen LogP contribution in [0, 0.1) is 5.41 Å². The Kier molecular flexibility index (Phi) is 8.07. The summed E-state index contributed by atoms with van der Waals surface area (Å²) in [6.07, 6.45) is 4.12. The van der Waals surface area contributed by atoms with E-state index in [-0.39, 0.29) is 35.5 Å². The molecule has 23 heavy (non-hydrogen) atoms. The van der Waals surface area contributed by atoms with Gasteiger partial charge >= 0.3 is 0 Å². The van der Waals surface area contributed by atoms with Crippen molar-refractivity contribution in [3.63, 3.8) is 0 Å². The van der Waals surface area contributed by atoms with Crippen molar-refractivity contribution in [2.75, 3.05) is 27.2 Å². The van der Waals surface area contributed by atoms with Crippen LogP contribution in [0.5, 0.6) is 0 Å². The van der Waals surface area contributed by atoms with Gasteiger partial charge in [0.25, 0.3) is 0 Å². The van der Waals surface area contributed by atoms with Crippen molar-refractivity contribution in [2.45, 2.75) is 71.2 Å². The number of nitrogens with one attached hydrogen (secondary N) is 2. The van der Waals surface area contributed by atoms with E-state index in [2.05, 4.69) is 48.2 Å². The number of guanidine groups is 1. The number of ether oxygens (including phenoxy) is 1. The van der Waals surface area contributed by atoms with Crippen molar-refractivity contribution in [3.8, 4) is 0 Å². The smallest absolute Gasteiger partial charge is 0.191 e. The van der Waals surface area contributed by atoms with E-state index in [9.17, 15) is 0 Å². The molecule has 1 saturated heterocycles. The van der Waals surface area contributed by atoms with Gasteiger partial charge in [0.05, 0.1) is 6.10 Å². The highest BCUT2D eigenvalue weighted by atomic mass is 127.